The first-order valence-corrected chi connectivity index (χ1v) is 16.8. The van der Waals surface area contributed by atoms with Crippen molar-refractivity contribution < 1.29 is 18.7 Å². The number of rotatable bonds is 20. The molecule has 1 fully saturated rings. The molecule has 228 valence electrons. The molecule has 0 atom stereocenters. The number of hydrogen-bond acceptors (Lipinski definition) is 3. The topological polar surface area (TPSA) is 35.5 Å². The summed E-state index contributed by atoms with van der Waals surface area (Å²) in [5.74, 6) is 1.48. The van der Waals surface area contributed by atoms with Gasteiger partial charge in [-0.05, 0) is 79.5 Å². The van der Waals surface area contributed by atoms with Gasteiger partial charge in [-0.2, -0.15) is 0 Å². The minimum atomic E-state index is -0.559. The van der Waals surface area contributed by atoms with E-state index >= 15 is 0 Å². The van der Waals surface area contributed by atoms with Crippen LogP contribution in [0, 0.1) is 17.7 Å². The second-order valence-electron chi connectivity index (χ2n) is 12.3. The first-order valence-electron chi connectivity index (χ1n) is 16.8. The van der Waals surface area contributed by atoms with E-state index in [2.05, 4.69) is 13.8 Å². The van der Waals surface area contributed by atoms with Crippen LogP contribution in [0.15, 0.2) is 42.5 Å². The van der Waals surface area contributed by atoms with Gasteiger partial charge in [0.2, 0.25) is 0 Å². The molecule has 3 nitrogen and oxygen atoms in total. The molecule has 1 aliphatic rings. The lowest BCUT2D eigenvalue weighted by atomic mass is 9.78. The SMILES string of the molecule is CCCCCCCCCCc1ccc(OC(=O)c2ccc(OCCCC3CCC(CCCCC)CC3)cc2)c(F)c1. The van der Waals surface area contributed by atoms with E-state index in [1.807, 2.05) is 6.07 Å². The average Bonchev–Trinajstić information content (AvgIpc) is 2.99. The zero-order valence-corrected chi connectivity index (χ0v) is 25.9. The first-order chi connectivity index (χ1) is 20.1. The molecule has 41 heavy (non-hydrogen) atoms. The Balaban J connectivity index is 1.30. The van der Waals surface area contributed by atoms with Crippen LogP contribution in [0.3, 0.4) is 0 Å². The Bertz CT molecular complexity index is 978. The molecule has 0 aliphatic heterocycles. The molecule has 1 aliphatic carbocycles. The van der Waals surface area contributed by atoms with Gasteiger partial charge in [0.05, 0.1) is 12.2 Å². The maximum absolute atomic E-state index is 14.6. The summed E-state index contributed by atoms with van der Waals surface area (Å²) >= 11 is 0. The van der Waals surface area contributed by atoms with Crippen LogP contribution in [0.2, 0.25) is 0 Å². The fraction of sp³-hybridized carbons (Fsp3) is 0.649. The standard InChI is InChI=1S/C37H55FO3/c1-3-5-7-8-9-10-11-13-16-32-22-27-36(35(38)29-32)41-37(39)33-23-25-34(26-24-33)40-28-14-17-31-20-18-30(19-21-31)15-12-6-4-2/h22-27,29-31H,3-21,28H2,1-2H3. The molecule has 2 aromatic rings. The Labute approximate surface area is 249 Å². The molecule has 4 heteroatoms. The number of aryl methyl sites for hydroxylation is 1. The largest absolute Gasteiger partial charge is 0.494 e. The van der Waals surface area contributed by atoms with Crippen LogP contribution in [-0.4, -0.2) is 12.6 Å². The Hall–Kier alpha value is -2.36. The predicted octanol–water partition coefficient (Wildman–Crippen LogP) is 11.3. The van der Waals surface area contributed by atoms with E-state index in [1.54, 1.807) is 30.3 Å². The summed E-state index contributed by atoms with van der Waals surface area (Å²) in [4.78, 5) is 12.6. The maximum Gasteiger partial charge on any atom is 0.343 e. The highest BCUT2D eigenvalue weighted by Crippen LogP contribution is 2.34. The lowest BCUT2D eigenvalue weighted by molar-refractivity contribution is 0.0727. The van der Waals surface area contributed by atoms with Crippen molar-refractivity contribution in [1.29, 1.82) is 0 Å². The Morgan fingerprint density at radius 3 is 1.95 bits per heavy atom. The van der Waals surface area contributed by atoms with E-state index in [-0.39, 0.29) is 5.75 Å². The van der Waals surface area contributed by atoms with Crippen molar-refractivity contribution in [2.75, 3.05) is 6.61 Å². The van der Waals surface area contributed by atoms with Crippen LogP contribution >= 0.6 is 0 Å². The van der Waals surface area contributed by atoms with Gasteiger partial charge in [-0.1, -0.05) is 116 Å². The predicted molar refractivity (Wildman–Crippen MR) is 168 cm³/mol. The molecular formula is C37H55FO3. The highest BCUT2D eigenvalue weighted by Gasteiger charge is 2.20. The van der Waals surface area contributed by atoms with Crippen molar-refractivity contribution in [1.82, 2.24) is 0 Å². The van der Waals surface area contributed by atoms with Gasteiger partial charge in [-0.15, -0.1) is 0 Å². The van der Waals surface area contributed by atoms with Crippen molar-refractivity contribution in [3.63, 3.8) is 0 Å². The number of hydrogen-bond donors (Lipinski definition) is 0. The number of unbranched alkanes of at least 4 members (excludes halogenated alkanes) is 9. The van der Waals surface area contributed by atoms with Crippen molar-refractivity contribution in [3.8, 4) is 11.5 Å². The number of benzene rings is 2. The van der Waals surface area contributed by atoms with Gasteiger partial charge in [0, 0.05) is 0 Å². The lowest BCUT2D eigenvalue weighted by Crippen LogP contribution is -2.15. The number of halogens is 1. The highest BCUT2D eigenvalue weighted by atomic mass is 19.1. The molecule has 0 unspecified atom stereocenters. The zero-order valence-electron chi connectivity index (χ0n) is 25.9. The van der Waals surface area contributed by atoms with Crippen LogP contribution in [0.4, 0.5) is 4.39 Å². The Morgan fingerprint density at radius 1 is 0.732 bits per heavy atom. The van der Waals surface area contributed by atoms with Gasteiger partial charge in [-0.3, -0.25) is 0 Å². The van der Waals surface area contributed by atoms with E-state index in [4.69, 9.17) is 9.47 Å². The number of carbonyl (C=O) groups excluding carboxylic acids is 1. The first kappa shape index (κ1) is 33.1. The van der Waals surface area contributed by atoms with Crippen molar-refractivity contribution in [2.24, 2.45) is 11.8 Å². The normalized spacial score (nSPS) is 17.0. The van der Waals surface area contributed by atoms with Crippen molar-refractivity contribution in [2.45, 2.75) is 136 Å². The van der Waals surface area contributed by atoms with Crippen LogP contribution in [0.1, 0.15) is 145 Å². The average molecular weight is 567 g/mol. The molecule has 0 N–H and O–H groups in total. The molecule has 0 spiro atoms. The monoisotopic (exact) mass is 566 g/mol. The number of carbonyl (C=O) groups is 1. The fourth-order valence-electron chi connectivity index (χ4n) is 6.15. The Kier molecular flexibility index (Phi) is 15.9. The minimum absolute atomic E-state index is 0.0232. The molecule has 3 rings (SSSR count). The molecule has 0 heterocycles. The minimum Gasteiger partial charge on any atom is -0.494 e. The fourth-order valence-corrected chi connectivity index (χ4v) is 6.15. The summed E-state index contributed by atoms with van der Waals surface area (Å²) < 4.78 is 25.9. The summed E-state index contributed by atoms with van der Waals surface area (Å²) in [6.45, 7) is 5.21. The van der Waals surface area contributed by atoms with Gasteiger partial charge >= 0.3 is 5.97 Å². The van der Waals surface area contributed by atoms with Gasteiger partial charge in [-0.25, -0.2) is 9.18 Å². The third-order valence-electron chi connectivity index (χ3n) is 8.82. The summed E-state index contributed by atoms with van der Waals surface area (Å²) in [6, 6.07) is 11.9. The second-order valence-corrected chi connectivity index (χ2v) is 12.3. The quantitative estimate of drug-likeness (QED) is 0.0908. The molecule has 0 saturated heterocycles. The van der Waals surface area contributed by atoms with E-state index in [9.17, 15) is 9.18 Å². The zero-order chi connectivity index (χ0) is 29.1. The highest BCUT2D eigenvalue weighted by molar-refractivity contribution is 5.91. The molecule has 0 aromatic heterocycles. The summed E-state index contributed by atoms with van der Waals surface area (Å²) in [7, 11) is 0. The van der Waals surface area contributed by atoms with E-state index in [0.717, 1.165) is 42.4 Å². The number of esters is 1. The molecule has 0 radical (unpaired) electrons. The molecule has 2 aromatic carbocycles. The van der Waals surface area contributed by atoms with Crippen molar-refractivity contribution in [3.05, 3.63) is 59.4 Å². The molecule has 0 amide bonds. The Morgan fingerprint density at radius 2 is 1.32 bits per heavy atom. The van der Waals surface area contributed by atoms with Crippen LogP contribution < -0.4 is 9.47 Å². The van der Waals surface area contributed by atoms with Gasteiger partial charge in [0.1, 0.15) is 5.75 Å². The van der Waals surface area contributed by atoms with Gasteiger partial charge in [0.15, 0.2) is 11.6 Å². The smallest absolute Gasteiger partial charge is 0.343 e. The summed E-state index contributed by atoms with van der Waals surface area (Å²) in [5, 5.41) is 0. The lowest BCUT2D eigenvalue weighted by Gasteiger charge is -2.28. The van der Waals surface area contributed by atoms with Crippen LogP contribution in [0.25, 0.3) is 0 Å². The van der Waals surface area contributed by atoms with E-state index in [0.29, 0.717) is 12.2 Å². The third kappa shape index (κ3) is 13.0. The van der Waals surface area contributed by atoms with Crippen LogP contribution in [-0.2, 0) is 6.42 Å². The van der Waals surface area contributed by atoms with E-state index < -0.39 is 11.8 Å². The van der Waals surface area contributed by atoms with Crippen LogP contribution in [0.5, 0.6) is 11.5 Å². The molecule has 1 saturated carbocycles. The number of ether oxygens (including phenoxy) is 2. The maximum atomic E-state index is 14.6. The van der Waals surface area contributed by atoms with Crippen molar-refractivity contribution >= 4 is 5.97 Å². The second kappa shape index (κ2) is 19.7. The molecular weight excluding hydrogens is 511 g/mol. The third-order valence-corrected chi connectivity index (χ3v) is 8.82. The van der Waals surface area contributed by atoms with E-state index in [1.165, 1.54) is 109 Å². The molecule has 0 bridgehead atoms. The van der Waals surface area contributed by atoms with Gasteiger partial charge in [0.25, 0.3) is 0 Å². The van der Waals surface area contributed by atoms with Gasteiger partial charge < -0.3 is 9.47 Å². The summed E-state index contributed by atoms with van der Waals surface area (Å²) in [6.07, 6.45) is 24.2. The summed E-state index contributed by atoms with van der Waals surface area (Å²) in [5.41, 5.74) is 1.33.